The zero-order valence-corrected chi connectivity index (χ0v) is 20.0. The number of aryl methyl sites for hydroxylation is 1. The third-order valence-corrected chi connectivity index (χ3v) is 7.12. The second-order valence-electron chi connectivity index (χ2n) is 8.89. The molecule has 2 N–H and O–H groups in total. The Labute approximate surface area is 202 Å². The van der Waals surface area contributed by atoms with Crippen molar-refractivity contribution in [1.29, 1.82) is 0 Å². The maximum absolute atomic E-state index is 11.2. The molecule has 2 aromatic rings. The SMILES string of the molecule is COC(=O)CCCC=CC[C@@H]1[C@@H](c2ccc(C(O)CCc3ccccc3)cc2)[C@H](O)C[C@H]1Cl. The molecule has 0 radical (unpaired) electrons. The summed E-state index contributed by atoms with van der Waals surface area (Å²) in [5, 5.41) is 21.2. The van der Waals surface area contributed by atoms with Crippen LogP contribution in [0.25, 0.3) is 0 Å². The molecule has 1 fully saturated rings. The van der Waals surface area contributed by atoms with Crippen LogP contribution in [0.4, 0.5) is 0 Å². The van der Waals surface area contributed by atoms with Crippen LogP contribution in [0, 0.1) is 5.92 Å². The molecular weight excluding hydrogens is 436 g/mol. The first-order valence-corrected chi connectivity index (χ1v) is 12.3. The second-order valence-corrected chi connectivity index (χ2v) is 9.45. The average molecular weight is 471 g/mol. The summed E-state index contributed by atoms with van der Waals surface area (Å²) in [5.41, 5.74) is 3.18. The number of carbonyl (C=O) groups excluding carboxylic acids is 1. The Hall–Kier alpha value is -2.14. The van der Waals surface area contributed by atoms with Crippen molar-refractivity contribution in [2.75, 3.05) is 7.11 Å². The van der Waals surface area contributed by atoms with Gasteiger partial charge in [-0.15, -0.1) is 11.6 Å². The number of halogens is 1. The smallest absolute Gasteiger partial charge is 0.305 e. The number of aliphatic hydroxyl groups is 2. The van der Waals surface area contributed by atoms with Crippen molar-refractivity contribution in [2.24, 2.45) is 5.92 Å². The van der Waals surface area contributed by atoms with Crippen LogP contribution in [-0.2, 0) is 16.0 Å². The molecule has 0 heterocycles. The third kappa shape index (κ3) is 7.43. The van der Waals surface area contributed by atoms with Gasteiger partial charge >= 0.3 is 5.97 Å². The highest BCUT2D eigenvalue weighted by atomic mass is 35.5. The van der Waals surface area contributed by atoms with Gasteiger partial charge in [-0.3, -0.25) is 4.79 Å². The lowest BCUT2D eigenvalue weighted by molar-refractivity contribution is -0.140. The van der Waals surface area contributed by atoms with Crippen molar-refractivity contribution in [3.05, 3.63) is 83.4 Å². The fraction of sp³-hybridized carbons (Fsp3) is 0.464. The number of rotatable bonds is 11. The normalized spacial score (nSPS) is 23.6. The molecule has 0 saturated heterocycles. The molecule has 0 bridgehead atoms. The Morgan fingerprint density at radius 2 is 1.88 bits per heavy atom. The van der Waals surface area contributed by atoms with Crippen molar-refractivity contribution in [1.82, 2.24) is 0 Å². The Bertz CT molecular complexity index is 881. The van der Waals surface area contributed by atoms with Crippen LogP contribution in [0.15, 0.2) is 66.7 Å². The minimum atomic E-state index is -0.516. The van der Waals surface area contributed by atoms with Crippen molar-refractivity contribution < 1.29 is 19.7 Å². The lowest BCUT2D eigenvalue weighted by atomic mass is 9.84. The van der Waals surface area contributed by atoms with E-state index in [0.29, 0.717) is 19.3 Å². The number of carbonyl (C=O) groups is 1. The molecule has 5 heteroatoms. The zero-order chi connectivity index (χ0) is 23.6. The van der Waals surface area contributed by atoms with Crippen LogP contribution in [0.5, 0.6) is 0 Å². The van der Waals surface area contributed by atoms with Gasteiger partial charge in [0.2, 0.25) is 0 Å². The molecule has 0 spiro atoms. The van der Waals surface area contributed by atoms with Crippen molar-refractivity contribution in [2.45, 2.75) is 68.4 Å². The van der Waals surface area contributed by atoms with Crippen molar-refractivity contribution >= 4 is 17.6 Å². The minimum absolute atomic E-state index is 0.0252. The number of hydrogen-bond acceptors (Lipinski definition) is 4. The molecular formula is C28H35ClO4. The standard InChI is InChI=1S/C28H35ClO4/c1-33-27(32)12-8-3-2-7-11-23-24(29)19-26(31)28(23)22-16-14-21(15-17-22)25(30)18-13-20-9-5-4-6-10-20/h2,4-7,9-10,14-17,23-26,28,30-31H,3,8,11-13,18-19H2,1H3/t23-,24+,25?,26+,28+/m0/s1. The highest BCUT2D eigenvalue weighted by molar-refractivity contribution is 6.21. The van der Waals surface area contributed by atoms with E-state index in [1.165, 1.54) is 12.7 Å². The first kappa shape index (κ1) is 25.5. The topological polar surface area (TPSA) is 66.8 Å². The summed E-state index contributed by atoms with van der Waals surface area (Å²) in [6.45, 7) is 0. The van der Waals surface area contributed by atoms with Crippen molar-refractivity contribution in [3.8, 4) is 0 Å². The lowest BCUT2D eigenvalue weighted by Crippen LogP contribution is -2.18. The van der Waals surface area contributed by atoms with Gasteiger partial charge in [0.15, 0.2) is 0 Å². The average Bonchev–Trinajstić information content (AvgIpc) is 3.12. The minimum Gasteiger partial charge on any atom is -0.469 e. The summed E-state index contributed by atoms with van der Waals surface area (Å²) in [4.78, 5) is 11.2. The molecule has 178 valence electrons. The van der Waals surface area contributed by atoms with Gasteiger partial charge in [0.05, 0.1) is 19.3 Å². The highest BCUT2D eigenvalue weighted by Gasteiger charge is 2.41. The molecule has 5 atom stereocenters. The lowest BCUT2D eigenvalue weighted by Gasteiger charge is -2.23. The summed E-state index contributed by atoms with van der Waals surface area (Å²) in [6, 6.07) is 18.2. The van der Waals surface area contributed by atoms with E-state index in [1.54, 1.807) is 0 Å². The number of aliphatic hydroxyl groups excluding tert-OH is 2. The maximum Gasteiger partial charge on any atom is 0.305 e. The molecule has 0 aliphatic heterocycles. The molecule has 2 aromatic carbocycles. The molecule has 1 saturated carbocycles. The number of hydrogen-bond donors (Lipinski definition) is 2. The fourth-order valence-electron chi connectivity index (χ4n) is 4.72. The predicted molar refractivity (Wildman–Crippen MR) is 132 cm³/mol. The van der Waals surface area contributed by atoms with E-state index in [4.69, 9.17) is 11.6 Å². The number of esters is 1. The summed E-state index contributed by atoms with van der Waals surface area (Å²) in [7, 11) is 1.41. The molecule has 1 unspecified atom stereocenters. The summed E-state index contributed by atoms with van der Waals surface area (Å²) < 4.78 is 4.66. The van der Waals surface area contributed by atoms with E-state index in [1.807, 2.05) is 42.5 Å². The van der Waals surface area contributed by atoms with Crippen LogP contribution in [0.3, 0.4) is 0 Å². The van der Waals surface area contributed by atoms with Gasteiger partial charge in [0.1, 0.15) is 0 Å². The van der Waals surface area contributed by atoms with E-state index >= 15 is 0 Å². The maximum atomic E-state index is 11.2. The largest absolute Gasteiger partial charge is 0.469 e. The Kier molecular flexibility index (Phi) is 9.98. The summed E-state index contributed by atoms with van der Waals surface area (Å²) in [5.74, 6) is -0.0630. The molecule has 1 aliphatic rings. The molecule has 1 aliphatic carbocycles. The molecule has 33 heavy (non-hydrogen) atoms. The second kappa shape index (κ2) is 12.9. The number of unbranched alkanes of at least 4 members (excludes halogenated alkanes) is 1. The first-order chi connectivity index (χ1) is 16.0. The molecule has 0 aromatic heterocycles. The number of methoxy groups -OCH3 is 1. The summed E-state index contributed by atoms with van der Waals surface area (Å²) >= 11 is 6.60. The van der Waals surface area contributed by atoms with Gasteiger partial charge in [-0.25, -0.2) is 0 Å². The van der Waals surface area contributed by atoms with Gasteiger partial charge in [0, 0.05) is 17.7 Å². The van der Waals surface area contributed by atoms with Gasteiger partial charge in [-0.1, -0.05) is 66.7 Å². The number of benzene rings is 2. The third-order valence-electron chi connectivity index (χ3n) is 6.62. The zero-order valence-electron chi connectivity index (χ0n) is 19.3. The van der Waals surface area contributed by atoms with Gasteiger partial charge < -0.3 is 14.9 Å². The van der Waals surface area contributed by atoms with E-state index in [9.17, 15) is 15.0 Å². The van der Waals surface area contributed by atoms with Crippen LogP contribution in [-0.4, -0.2) is 34.8 Å². The predicted octanol–water partition coefficient (Wildman–Crippen LogP) is 5.71. The molecule has 4 nitrogen and oxygen atoms in total. The Balaban J connectivity index is 1.56. The Morgan fingerprint density at radius 3 is 2.58 bits per heavy atom. The van der Waals surface area contributed by atoms with Gasteiger partial charge in [-0.05, 0) is 61.1 Å². The van der Waals surface area contributed by atoms with E-state index in [2.05, 4.69) is 29.0 Å². The van der Waals surface area contributed by atoms with Crippen LogP contribution in [0.2, 0.25) is 0 Å². The van der Waals surface area contributed by atoms with Crippen molar-refractivity contribution in [3.63, 3.8) is 0 Å². The van der Waals surface area contributed by atoms with Crippen LogP contribution >= 0.6 is 11.6 Å². The van der Waals surface area contributed by atoms with Gasteiger partial charge in [-0.2, -0.15) is 0 Å². The van der Waals surface area contributed by atoms with E-state index in [-0.39, 0.29) is 23.2 Å². The number of ether oxygens (including phenoxy) is 1. The first-order valence-electron chi connectivity index (χ1n) is 11.9. The number of allylic oxidation sites excluding steroid dienone is 2. The summed E-state index contributed by atoms with van der Waals surface area (Å²) in [6.07, 6.45) is 8.07. The fourth-order valence-corrected chi connectivity index (χ4v) is 5.16. The monoisotopic (exact) mass is 470 g/mol. The number of alkyl halides is 1. The molecule has 0 amide bonds. The van der Waals surface area contributed by atoms with Gasteiger partial charge in [0.25, 0.3) is 0 Å². The quantitative estimate of drug-likeness (QED) is 0.191. The van der Waals surface area contributed by atoms with E-state index in [0.717, 1.165) is 36.8 Å². The highest BCUT2D eigenvalue weighted by Crippen LogP contribution is 2.45. The molecule has 3 rings (SSSR count). The van der Waals surface area contributed by atoms with Crippen LogP contribution < -0.4 is 0 Å². The van der Waals surface area contributed by atoms with Crippen LogP contribution in [0.1, 0.15) is 67.2 Å². The Morgan fingerprint density at radius 1 is 1.15 bits per heavy atom. The van der Waals surface area contributed by atoms with E-state index < -0.39 is 12.2 Å².